The van der Waals surface area contributed by atoms with Crippen molar-refractivity contribution < 1.29 is 49.3 Å². The predicted molar refractivity (Wildman–Crippen MR) is 334 cm³/mol. The van der Waals surface area contributed by atoms with E-state index in [1.165, 1.54) is 193 Å². The molecule has 8 atom stereocenters. The summed E-state index contributed by atoms with van der Waals surface area (Å²) in [5.74, 6) is -1.19. The summed E-state index contributed by atoms with van der Waals surface area (Å²) < 4.78 is 17.7. The van der Waals surface area contributed by atoms with E-state index >= 15 is 0 Å². The van der Waals surface area contributed by atoms with Gasteiger partial charge in [-0.3, -0.25) is 9.59 Å². The second-order valence-electron chi connectivity index (χ2n) is 23.9. The summed E-state index contributed by atoms with van der Waals surface area (Å²) >= 11 is 0. The highest BCUT2D eigenvalue weighted by Crippen LogP contribution is 2.26. The number of ether oxygens (including phenoxy) is 3. The minimum atomic E-state index is -1.61. The van der Waals surface area contributed by atoms with Crippen molar-refractivity contribution >= 4 is 11.9 Å². The number of amides is 1. The number of carbonyl (C=O) groups excluding carboxylic acids is 2. The molecule has 1 saturated heterocycles. The highest BCUT2D eigenvalue weighted by atomic mass is 16.7. The van der Waals surface area contributed by atoms with E-state index in [-0.39, 0.29) is 19.4 Å². The summed E-state index contributed by atoms with van der Waals surface area (Å²) in [5.41, 5.74) is 0. The van der Waals surface area contributed by atoms with Crippen LogP contribution in [-0.2, 0) is 23.8 Å². The average molecular weight is 1130 g/mol. The van der Waals surface area contributed by atoms with Gasteiger partial charge in [-0.2, -0.15) is 0 Å². The summed E-state index contributed by atoms with van der Waals surface area (Å²) in [6.07, 6.45) is 59.1. The zero-order chi connectivity index (χ0) is 58.2. The van der Waals surface area contributed by atoms with Gasteiger partial charge in [0, 0.05) is 6.42 Å². The number of carbonyl (C=O) groups is 2. The maximum atomic E-state index is 13.4. The monoisotopic (exact) mass is 1130 g/mol. The van der Waals surface area contributed by atoms with Crippen LogP contribution in [0, 0.1) is 0 Å². The Morgan fingerprint density at radius 1 is 0.500 bits per heavy atom. The highest BCUT2D eigenvalue weighted by Gasteiger charge is 2.47. The molecule has 8 unspecified atom stereocenters. The molecular weight excluding hydrogens is 1000 g/mol. The zero-order valence-corrected chi connectivity index (χ0v) is 52.2. The van der Waals surface area contributed by atoms with Crippen LogP contribution in [0.15, 0.2) is 36.5 Å². The molecule has 1 fully saturated rings. The van der Waals surface area contributed by atoms with Gasteiger partial charge in [-0.15, -0.1) is 0 Å². The quantitative estimate of drug-likeness (QED) is 0.0195. The maximum Gasteiger partial charge on any atom is 0.306 e. The zero-order valence-electron chi connectivity index (χ0n) is 52.2. The number of allylic oxidation sites excluding steroid dienone is 5. The molecule has 11 nitrogen and oxygen atoms in total. The van der Waals surface area contributed by atoms with Crippen molar-refractivity contribution in [3.05, 3.63) is 36.5 Å². The van der Waals surface area contributed by atoms with Gasteiger partial charge >= 0.3 is 5.97 Å². The van der Waals surface area contributed by atoms with Crippen LogP contribution in [0.2, 0.25) is 0 Å². The van der Waals surface area contributed by atoms with Gasteiger partial charge in [-0.1, -0.05) is 308 Å². The first-order valence-corrected chi connectivity index (χ1v) is 34.3. The van der Waals surface area contributed by atoms with Crippen molar-refractivity contribution in [2.45, 2.75) is 378 Å². The Morgan fingerprint density at radius 3 is 1.34 bits per heavy atom. The molecule has 0 radical (unpaired) electrons. The highest BCUT2D eigenvalue weighted by molar-refractivity contribution is 5.80. The molecule has 470 valence electrons. The van der Waals surface area contributed by atoms with Gasteiger partial charge in [-0.05, 0) is 51.4 Å². The van der Waals surface area contributed by atoms with E-state index in [4.69, 9.17) is 14.2 Å². The number of nitrogens with one attached hydrogen (secondary N) is 1. The molecule has 80 heavy (non-hydrogen) atoms. The van der Waals surface area contributed by atoms with Crippen LogP contribution in [0.1, 0.15) is 329 Å². The molecule has 0 aromatic rings. The third-order valence-corrected chi connectivity index (χ3v) is 16.3. The number of esters is 1. The topological polar surface area (TPSA) is 175 Å². The fraction of sp³-hybridized carbons (Fsp3) is 0.884. The molecule has 0 aromatic heterocycles. The lowest BCUT2D eigenvalue weighted by molar-refractivity contribution is -0.305. The minimum Gasteiger partial charge on any atom is -0.454 e. The number of hydrogen-bond acceptors (Lipinski definition) is 10. The first kappa shape index (κ1) is 75.9. The van der Waals surface area contributed by atoms with E-state index in [0.717, 1.165) is 89.9 Å². The molecule has 1 heterocycles. The second kappa shape index (κ2) is 57.3. The van der Waals surface area contributed by atoms with Gasteiger partial charge < -0.3 is 45.1 Å². The van der Waals surface area contributed by atoms with E-state index in [9.17, 15) is 35.1 Å². The molecule has 0 bridgehead atoms. The Hall–Kier alpha value is -2.12. The smallest absolute Gasteiger partial charge is 0.306 e. The Bertz CT molecular complexity index is 1440. The molecule has 1 aliphatic rings. The lowest BCUT2D eigenvalue weighted by Gasteiger charge is -2.41. The second-order valence-corrected chi connectivity index (χ2v) is 23.9. The predicted octanol–water partition coefficient (Wildman–Crippen LogP) is 17.0. The summed E-state index contributed by atoms with van der Waals surface area (Å²) in [5, 5.41) is 57.1. The third kappa shape index (κ3) is 44.4. The van der Waals surface area contributed by atoms with Crippen molar-refractivity contribution in [2.75, 3.05) is 13.2 Å². The van der Waals surface area contributed by atoms with E-state index in [2.05, 4.69) is 50.4 Å². The molecule has 1 rings (SSSR count). The molecule has 0 aliphatic carbocycles. The van der Waals surface area contributed by atoms with Crippen LogP contribution in [0.5, 0.6) is 0 Å². The van der Waals surface area contributed by atoms with E-state index in [0.29, 0.717) is 12.8 Å². The van der Waals surface area contributed by atoms with Gasteiger partial charge in [-0.25, -0.2) is 0 Å². The van der Waals surface area contributed by atoms with Crippen molar-refractivity contribution in [3.8, 4) is 0 Å². The molecule has 11 heteroatoms. The maximum absolute atomic E-state index is 13.4. The van der Waals surface area contributed by atoms with Crippen LogP contribution in [-0.4, -0.2) is 99.6 Å². The molecule has 6 N–H and O–H groups in total. The van der Waals surface area contributed by atoms with Crippen LogP contribution in [0.4, 0.5) is 0 Å². The van der Waals surface area contributed by atoms with E-state index < -0.39 is 67.4 Å². The Labute approximate surface area is 492 Å². The molecular formula is C69H129NO10. The summed E-state index contributed by atoms with van der Waals surface area (Å²) in [7, 11) is 0. The normalized spacial score (nSPS) is 18.9. The summed E-state index contributed by atoms with van der Waals surface area (Å²) in [4.78, 5) is 26.6. The molecule has 0 spiro atoms. The van der Waals surface area contributed by atoms with E-state index in [1.807, 2.05) is 6.08 Å². The minimum absolute atomic E-state index is 0.128. The Kier molecular flexibility index (Phi) is 54.4. The SMILES string of the molecule is CC/C=C/C/C=C/CCCCCCCCC(O)C(=O)NC(COC1OC(CO)C(O)C(O)C1OC(=O)CCCCCCCCCCCCCCCCCCCCCCCCCCC)C(O)/C=C/CCCCCCCCCCCCC. The first-order valence-electron chi connectivity index (χ1n) is 34.3. The number of hydrogen-bond donors (Lipinski definition) is 6. The van der Waals surface area contributed by atoms with Gasteiger partial charge in [0.1, 0.15) is 24.4 Å². The van der Waals surface area contributed by atoms with Gasteiger partial charge in [0.05, 0.1) is 25.4 Å². The van der Waals surface area contributed by atoms with E-state index in [1.54, 1.807) is 6.08 Å². The lowest BCUT2D eigenvalue weighted by Crippen LogP contribution is -2.61. The lowest BCUT2D eigenvalue weighted by atomic mass is 9.99. The number of aliphatic hydroxyl groups excluding tert-OH is 5. The van der Waals surface area contributed by atoms with Crippen molar-refractivity contribution in [1.82, 2.24) is 5.32 Å². The van der Waals surface area contributed by atoms with Crippen LogP contribution >= 0.6 is 0 Å². The largest absolute Gasteiger partial charge is 0.454 e. The van der Waals surface area contributed by atoms with Crippen molar-refractivity contribution in [3.63, 3.8) is 0 Å². The molecule has 1 aliphatic heterocycles. The van der Waals surface area contributed by atoms with Crippen LogP contribution in [0.25, 0.3) is 0 Å². The standard InChI is InChI=1S/C69H129NO10/c1-4-7-10-13-16-19-22-25-26-27-28-29-30-31-32-33-34-35-36-39-42-45-48-51-54-57-64(74)80-67-66(76)65(75)63(58-71)79-69(67)78-59-60(61(72)55-52-49-46-43-40-37-23-20-17-14-11-8-5-2)70-68(77)62(73)56-53-50-47-44-41-38-24-21-18-15-12-9-6-3/h9,12,18,21,52,55,60-63,65-67,69,71-73,75-76H,4-8,10-11,13-17,19-20,22-51,53-54,56-59H2,1-3H3,(H,70,77)/b12-9+,21-18+,55-52+. The van der Waals surface area contributed by atoms with Crippen LogP contribution < -0.4 is 5.32 Å². The van der Waals surface area contributed by atoms with Crippen molar-refractivity contribution in [2.24, 2.45) is 0 Å². The summed E-state index contributed by atoms with van der Waals surface area (Å²) in [6.45, 7) is 5.72. The molecule has 0 aromatic carbocycles. The Balaban J connectivity index is 2.55. The first-order chi connectivity index (χ1) is 39.2. The average Bonchev–Trinajstić information content (AvgIpc) is 3.45. The summed E-state index contributed by atoms with van der Waals surface area (Å²) in [6, 6.07) is -1.03. The van der Waals surface area contributed by atoms with Crippen molar-refractivity contribution in [1.29, 1.82) is 0 Å². The van der Waals surface area contributed by atoms with Crippen LogP contribution in [0.3, 0.4) is 0 Å². The van der Waals surface area contributed by atoms with Gasteiger partial charge in [0.15, 0.2) is 12.4 Å². The molecule has 0 saturated carbocycles. The molecule has 1 amide bonds. The number of rotatable bonds is 59. The number of unbranched alkanes of at least 4 members (excludes halogenated alkanes) is 41. The fourth-order valence-electron chi connectivity index (χ4n) is 10.9. The van der Waals surface area contributed by atoms with Gasteiger partial charge in [0.25, 0.3) is 0 Å². The Morgan fingerprint density at radius 2 is 0.900 bits per heavy atom. The van der Waals surface area contributed by atoms with Gasteiger partial charge in [0.2, 0.25) is 5.91 Å². The number of aliphatic hydroxyl groups is 5. The third-order valence-electron chi connectivity index (χ3n) is 16.3. The fourth-order valence-corrected chi connectivity index (χ4v) is 10.9.